The van der Waals surface area contributed by atoms with Gasteiger partial charge in [0.25, 0.3) is 0 Å². The van der Waals surface area contributed by atoms with Crippen LogP contribution in [0.4, 0.5) is 0 Å². The van der Waals surface area contributed by atoms with Gasteiger partial charge in [0.1, 0.15) is 10.8 Å². The van der Waals surface area contributed by atoms with Crippen molar-refractivity contribution in [3.8, 4) is 17.0 Å². The molecule has 4 heteroatoms. The summed E-state index contributed by atoms with van der Waals surface area (Å²) in [7, 11) is 1.70. The van der Waals surface area contributed by atoms with Crippen LogP contribution in [0, 0.1) is 13.8 Å². The summed E-state index contributed by atoms with van der Waals surface area (Å²) in [5, 5.41) is 3.09. The third-order valence-corrected chi connectivity index (χ3v) is 3.95. The van der Waals surface area contributed by atoms with Gasteiger partial charge in [0, 0.05) is 16.7 Å². The molecule has 0 N–H and O–H groups in total. The lowest BCUT2D eigenvalue weighted by molar-refractivity contribution is 0.413. The Balaban J connectivity index is 2.57. The Morgan fingerprint density at radius 2 is 2.12 bits per heavy atom. The largest absolute Gasteiger partial charge is 0.496 e. The van der Waals surface area contributed by atoms with Crippen molar-refractivity contribution < 1.29 is 4.74 Å². The second-order valence-corrected chi connectivity index (χ2v) is 5.21. The highest BCUT2D eigenvalue weighted by Gasteiger charge is 2.12. The van der Waals surface area contributed by atoms with E-state index in [0.717, 1.165) is 27.6 Å². The maximum Gasteiger partial charge on any atom is 0.131 e. The Morgan fingerprint density at radius 3 is 2.71 bits per heavy atom. The van der Waals surface area contributed by atoms with Gasteiger partial charge in [0.15, 0.2) is 0 Å². The fourth-order valence-electron chi connectivity index (χ4n) is 1.92. The highest BCUT2D eigenvalue weighted by Crippen LogP contribution is 2.34. The second-order valence-electron chi connectivity index (χ2n) is 3.95. The molecule has 0 aliphatic heterocycles. The summed E-state index contributed by atoms with van der Waals surface area (Å²) >= 11 is 5.87. The number of aryl methyl sites for hydroxylation is 2. The van der Waals surface area contributed by atoms with Crippen LogP contribution in [0.5, 0.6) is 5.75 Å². The summed E-state index contributed by atoms with van der Waals surface area (Å²) < 4.78 is 5.47. The van der Waals surface area contributed by atoms with Gasteiger partial charge in [-0.3, -0.25) is 0 Å². The van der Waals surface area contributed by atoms with Crippen LogP contribution in [0.2, 0.25) is 0 Å². The summed E-state index contributed by atoms with van der Waals surface area (Å²) in [6.07, 6.45) is 0. The lowest BCUT2D eigenvalue weighted by atomic mass is 10.0. The Bertz CT molecular complexity index is 534. The van der Waals surface area contributed by atoms with Crippen LogP contribution in [0.1, 0.15) is 16.1 Å². The van der Waals surface area contributed by atoms with Crippen LogP contribution in [0.3, 0.4) is 0 Å². The first-order chi connectivity index (χ1) is 8.15. The molecule has 0 atom stereocenters. The SMILES string of the molecule is COc1c(C)cc(C)cc1-c1csc(CS)n1. The molecule has 1 aromatic carbocycles. The van der Waals surface area contributed by atoms with Crippen molar-refractivity contribution >= 4 is 24.0 Å². The standard InChI is InChI=1S/C13H15NOS2/c1-8-4-9(2)13(15-3)10(5-8)11-7-17-12(6-16)14-11/h4-5,7,16H,6H2,1-3H3. The Hall–Kier alpha value is -1.00. The number of ether oxygens (including phenoxy) is 1. The molecule has 0 bridgehead atoms. The molecule has 17 heavy (non-hydrogen) atoms. The summed E-state index contributed by atoms with van der Waals surface area (Å²) in [5.74, 6) is 1.59. The first-order valence-corrected chi connectivity index (χ1v) is 6.87. The maximum absolute atomic E-state index is 5.47. The van der Waals surface area contributed by atoms with Crippen molar-refractivity contribution in [2.24, 2.45) is 0 Å². The number of aromatic nitrogens is 1. The highest BCUT2D eigenvalue weighted by molar-refractivity contribution is 7.79. The fraction of sp³-hybridized carbons (Fsp3) is 0.308. The highest BCUT2D eigenvalue weighted by atomic mass is 32.1. The number of hydrogen-bond acceptors (Lipinski definition) is 4. The first-order valence-electron chi connectivity index (χ1n) is 5.36. The van der Waals surface area contributed by atoms with Crippen molar-refractivity contribution in [2.45, 2.75) is 19.6 Å². The van der Waals surface area contributed by atoms with Gasteiger partial charge in [0.2, 0.25) is 0 Å². The van der Waals surface area contributed by atoms with Gasteiger partial charge in [-0.25, -0.2) is 4.98 Å². The van der Waals surface area contributed by atoms with Crippen LogP contribution in [-0.2, 0) is 5.75 Å². The number of rotatable bonds is 3. The lowest BCUT2D eigenvalue weighted by Gasteiger charge is -2.11. The Morgan fingerprint density at radius 1 is 1.35 bits per heavy atom. The van der Waals surface area contributed by atoms with Crippen LogP contribution >= 0.6 is 24.0 Å². The third kappa shape index (κ3) is 2.48. The molecule has 0 amide bonds. The zero-order valence-electron chi connectivity index (χ0n) is 10.2. The number of hydrogen-bond donors (Lipinski definition) is 1. The zero-order chi connectivity index (χ0) is 12.4. The normalized spacial score (nSPS) is 10.6. The average molecular weight is 265 g/mol. The van der Waals surface area contributed by atoms with Crippen LogP contribution in [0.15, 0.2) is 17.5 Å². The van der Waals surface area contributed by atoms with Crippen LogP contribution < -0.4 is 4.74 Å². The number of thiazole rings is 1. The van der Waals surface area contributed by atoms with Gasteiger partial charge in [-0.15, -0.1) is 11.3 Å². The smallest absolute Gasteiger partial charge is 0.131 e. The predicted molar refractivity (Wildman–Crippen MR) is 76.3 cm³/mol. The molecule has 2 nitrogen and oxygen atoms in total. The van der Waals surface area contributed by atoms with Crippen LogP contribution in [-0.4, -0.2) is 12.1 Å². The van der Waals surface area contributed by atoms with Gasteiger partial charge in [-0.1, -0.05) is 6.07 Å². The van der Waals surface area contributed by atoms with Gasteiger partial charge in [-0.2, -0.15) is 12.6 Å². The number of methoxy groups -OCH3 is 1. The second kappa shape index (κ2) is 5.10. The van der Waals surface area contributed by atoms with Gasteiger partial charge < -0.3 is 4.74 Å². The first kappa shape index (κ1) is 12.5. The molecule has 0 spiro atoms. The van der Waals surface area contributed by atoms with E-state index in [9.17, 15) is 0 Å². The van der Waals surface area contributed by atoms with Crippen molar-refractivity contribution in [1.82, 2.24) is 4.98 Å². The molecule has 0 saturated heterocycles. The maximum atomic E-state index is 5.47. The molecule has 0 saturated carbocycles. The monoisotopic (exact) mass is 265 g/mol. The number of benzene rings is 1. The van der Waals surface area contributed by atoms with E-state index in [4.69, 9.17) is 4.74 Å². The molecule has 2 aromatic rings. The summed E-state index contributed by atoms with van der Waals surface area (Å²) in [6, 6.07) is 4.23. The van der Waals surface area contributed by atoms with Crippen molar-refractivity contribution in [2.75, 3.05) is 7.11 Å². The Kier molecular flexibility index (Phi) is 3.74. The van der Waals surface area contributed by atoms with E-state index < -0.39 is 0 Å². The van der Waals surface area contributed by atoms with Crippen molar-refractivity contribution in [3.63, 3.8) is 0 Å². The van der Waals surface area contributed by atoms with Gasteiger partial charge in [0.05, 0.1) is 12.8 Å². The quantitative estimate of drug-likeness (QED) is 0.851. The van der Waals surface area contributed by atoms with E-state index in [0.29, 0.717) is 5.75 Å². The summed E-state index contributed by atoms with van der Waals surface area (Å²) in [4.78, 5) is 4.55. The van der Waals surface area contributed by atoms with E-state index in [-0.39, 0.29) is 0 Å². The molecule has 1 heterocycles. The van der Waals surface area contributed by atoms with Crippen molar-refractivity contribution in [1.29, 1.82) is 0 Å². The molecule has 90 valence electrons. The molecule has 0 radical (unpaired) electrons. The topological polar surface area (TPSA) is 22.1 Å². The lowest BCUT2D eigenvalue weighted by Crippen LogP contribution is -1.93. The molecule has 2 rings (SSSR count). The molecule has 0 fully saturated rings. The predicted octanol–water partition coefficient (Wildman–Crippen LogP) is 3.87. The molecule has 0 unspecified atom stereocenters. The molecule has 1 aromatic heterocycles. The summed E-state index contributed by atoms with van der Waals surface area (Å²) in [5.41, 5.74) is 4.40. The van der Waals surface area contributed by atoms with E-state index in [1.165, 1.54) is 5.56 Å². The molecule has 0 aliphatic carbocycles. The third-order valence-electron chi connectivity index (χ3n) is 2.59. The average Bonchev–Trinajstić information content (AvgIpc) is 2.76. The number of nitrogens with zero attached hydrogens (tertiary/aromatic N) is 1. The molecular formula is C13H15NOS2. The fourth-order valence-corrected chi connectivity index (χ4v) is 2.87. The Labute approximate surface area is 111 Å². The minimum Gasteiger partial charge on any atom is -0.496 e. The molecule has 0 aliphatic rings. The van der Waals surface area contributed by atoms with E-state index >= 15 is 0 Å². The number of thiol groups is 1. The molecular weight excluding hydrogens is 250 g/mol. The van der Waals surface area contributed by atoms with E-state index in [1.54, 1.807) is 18.4 Å². The van der Waals surface area contributed by atoms with Gasteiger partial charge in [-0.05, 0) is 31.0 Å². The zero-order valence-corrected chi connectivity index (χ0v) is 11.9. The van der Waals surface area contributed by atoms with Gasteiger partial charge >= 0.3 is 0 Å². The summed E-state index contributed by atoms with van der Waals surface area (Å²) in [6.45, 7) is 4.14. The van der Waals surface area contributed by atoms with Crippen molar-refractivity contribution in [3.05, 3.63) is 33.6 Å². The van der Waals surface area contributed by atoms with E-state index in [1.807, 2.05) is 0 Å². The van der Waals surface area contributed by atoms with E-state index in [2.05, 4.69) is 49.0 Å². The van der Waals surface area contributed by atoms with Crippen LogP contribution in [0.25, 0.3) is 11.3 Å². The minimum atomic E-state index is 0.678. The minimum absolute atomic E-state index is 0.678.